The maximum absolute atomic E-state index is 13.0. The van der Waals surface area contributed by atoms with Crippen molar-refractivity contribution >= 4 is 85.1 Å². The fourth-order valence-corrected chi connectivity index (χ4v) is 5.59. The number of amides is 2. The zero-order valence-electron chi connectivity index (χ0n) is 18.8. The summed E-state index contributed by atoms with van der Waals surface area (Å²) in [6.07, 6.45) is 1.63. The number of imide groups is 1. The predicted molar refractivity (Wildman–Crippen MR) is 152 cm³/mol. The summed E-state index contributed by atoms with van der Waals surface area (Å²) in [4.78, 5) is 39.8. The summed E-state index contributed by atoms with van der Waals surface area (Å²) < 4.78 is 12.8. The van der Waals surface area contributed by atoms with Crippen LogP contribution in [0, 0.1) is 3.57 Å². The van der Waals surface area contributed by atoms with Gasteiger partial charge in [-0.25, -0.2) is 4.79 Å². The van der Waals surface area contributed by atoms with Crippen molar-refractivity contribution in [2.45, 2.75) is 13.5 Å². The summed E-state index contributed by atoms with van der Waals surface area (Å²) >= 11 is 12.5. The van der Waals surface area contributed by atoms with Gasteiger partial charge in [-0.1, -0.05) is 57.9 Å². The number of esters is 1. The Morgan fingerprint density at radius 3 is 2.58 bits per heavy atom. The Labute approximate surface area is 239 Å². The second kappa shape index (κ2) is 11.8. The number of hydrogen-bond acceptors (Lipinski definition) is 6. The molecule has 0 aromatic heterocycles. The van der Waals surface area contributed by atoms with Gasteiger partial charge < -0.3 is 9.47 Å². The number of ether oxygens (including phenoxy) is 2. The van der Waals surface area contributed by atoms with E-state index in [0.29, 0.717) is 26.4 Å². The van der Waals surface area contributed by atoms with Crippen molar-refractivity contribution in [1.82, 2.24) is 4.90 Å². The average Bonchev–Trinajstić information content (AvgIpc) is 3.10. The Morgan fingerprint density at radius 2 is 1.86 bits per heavy atom. The number of halogens is 3. The first-order chi connectivity index (χ1) is 17.3. The molecule has 3 aromatic carbocycles. The third-order valence-corrected chi connectivity index (χ3v) is 7.89. The molecule has 0 unspecified atom stereocenters. The molecule has 0 atom stereocenters. The van der Waals surface area contributed by atoms with Gasteiger partial charge in [0.1, 0.15) is 0 Å². The lowest BCUT2D eigenvalue weighted by Gasteiger charge is -2.14. The molecule has 6 nitrogen and oxygen atoms in total. The highest BCUT2D eigenvalue weighted by Gasteiger charge is 2.35. The molecule has 36 heavy (non-hydrogen) atoms. The standard InChI is InChI=1S/C26H18BrClINO5S/c1-2-34-21-12-15(11-20(29)23(21)35-25(32)17-8-4-6-10-19(17)28)13-22-24(31)30(26(33)36-22)14-16-7-3-5-9-18(16)27/h3-13H,2,14H2,1H3/b22-13-. The van der Waals surface area contributed by atoms with Crippen LogP contribution in [0.2, 0.25) is 5.02 Å². The molecule has 1 aliphatic heterocycles. The summed E-state index contributed by atoms with van der Waals surface area (Å²) in [6.45, 7) is 2.31. The molecule has 0 bridgehead atoms. The van der Waals surface area contributed by atoms with Crippen LogP contribution in [0.3, 0.4) is 0 Å². The molecule has 0 N–H and O–H groups in total. The van der Waals surface area contributed by atoms with Gasteiger partial charge in [0.05, 0.1) is 32.2 Å². The van der Waals surface area contributed by atoms with Crippen LogP contribution in [0.15, 0.2) is 70.0 Å². The topological polar surface area (TPSA) is 72.9 Å². The molecule has 1 aliphatic rings. The molecule has 0 radical (unpaired) electrons. The van der Waals surface area contributed by atoms with Crippen LogP contribution in [-0.2, 0) is 11.3 Å². The van der Waals surface area contributed by atoms with E-state index >= 15 is 0 Å². The Kier molecular flexibility index (Phi) is 8.76. The fourth-order valence-electron chi connectivity index (χ4n) is 3.39. The van der Waals surface area contributed by atoms with Gasteiger partial charge in [-0.15, -0.1) is 0 Å². The second-order valence-corrected chi connectivity index (χ2v) is 10.9. The first kappa shape index (κ1) is 26.7. The molecule has 1 saturated heterocycles. The van der Waals surface area contributed by atoms with Crippen molar-refractivity contribution in [2.24, 2.45) is 0 Å². The number of hydrogen-bond donors (Lipinski definition) is 0. The van der Waals surface area contributed by atoms with Crippen LogP contribution in [-0.4, -0.2) is 28.6 Å². The van der Waals surface area contributed by atoms with Crippen molar-refractivity contribution < 1.29 is 23.9 Å². The van der Waals surface area contributed by atoms with Gasteiger partial charge in [-0.3, -0.25) is 14.5 Å². The van der Waals surface area contributed by atoms with Crippen molar-refractivity contribution in [3.63, 3.8) is 0 Å². The van der Waals surface area contributed by atoms with Crippen molar-refractivity contribution in [1.29, 1.82) is 0 Å². The minimum atomic E-state index is -0.611. The summed E-state index contributed by atoms with van der Waals surface area (Å²) in [6, 6.07) is 17.5. The Balaban J connectivity index is 1.60. The van der Waals surface area contributed by atoms with E-state index in [4.69, 9.17) is 21.1 Å². The molecule has 0 aliphatic carbocycles. The summed E-state index contributed by atoms with van der Waals surface area (Å²) in [5.41, 5.74) is 1.70. The van der Waals surface area contributed by atoms with Crippen LogP contribution in [0.1, 0.15) is 28.4 Å². The van der Waals surface area contributed by atoms with Gasteiger partial charge in [0.15, 0.2) is 11.5 Å². The molecular weight excluding hydrogens is 681 g/mol. The number of carbonyl (C=O) groups excluding carboxylic acids is 3. The predicted octanol–water partition coefficient (Wildman–Crippen LogP) is 7.56. The first-order valence-corrected chi connectivity index (χ1v) is 13.8. The van der Waals surface area contributed by atoms with Crippen LogP contribution in [0.25, 0.3) is 6.08 Å². The van der Waals surface area contributed by atoms with Gasteiger partial charge in [-0.2, -0.15) is 0 Å². The van der Waals surface area contributed by atoms with E-state index in [9.17, 15) is 14.4 Å². The van der Waals surface area contributed by atoms with E-state index in [-0.39, 0.29) is 34.0 Å². The van der Waals surface area contributed by atoms with Crippen LogP contribution in [0.5, 0.6) is 11.5 Å². The lowest BCUT2D eigenvalue weighted by molar-refractivity contribution is -0.123. The number of rotatable bonds is 7. The second-order valence-electron chi connectivity index (χ2n) is 7.49. The highest BCUT2D eigenvalue weighted by atomic mass is 127. The lowest BCUT2D eigenvalue weighted by atomic mass is 10.1. The first-order valence-electron chi connectivity index (χ1n) is 10.7. The monoisotopic (exact) mass is 697 g/mol. The summed E-state index contributed by atoms with van der Waals surface area (Å²) in [5.74, 6) is -0.395. The van der Waals surface area contributed by atoms with E-state index in [2.05, 4.69) is 15.9 Å². The van der Waals surface area contributed by atoms with E-state index in [1.807, 2.05) is 53.8 Å². The van der Waals surface area contributed by atoms with Gasteiger partial charge in [0.2, 0.25) is 0 Å². The van der Waals surface area contributed by atoms with Crippen molar-refractivity contribution in [3.8, 4) is 11.5 Å². The zero-order chi connectivity index (χ0) is 25.8. The highest BCUT2D eigenvalue weighted by Crippen LogP contribution is 2.38. The van der Waals surface area contributed by atoms with Crippen molar-refractivity contribution in [2.75, 3.05) is 6.61 Å². The molecule has 184 valence electrons. The molecule has 3 aromatic rings. The Morgan fingerprint density at radius 1 is 1.14 bits per heavy atom. The van der Waals surface area contributed by atoms with E-state index in [1.165, 1.54) is 4.90 Å². The van der Waals surface area contributed by atoms with E-state index in [0.717, 1.165) is 21.8 Å². The fraction of sp³-hybridized carbons (Fsp3) is 0.115. The Hall–Kier alpha value is -2.34. The molecular formula is C26H18BrClINO5S. The van der Waals surface area contributed by atoms with Crippen LogP contribution < -0.4 is 9.47 Å². The quantitative estimate of drug-likeness (QED) is 0.110. The van der Waals surface area contributed by atoms with Crippen LogP contribution in [0.4, 0.5) is 4.79 Å². The lowest BCUT2D eigenvalue weighted by Crippen LogP contribution is -2.27. The van der Waals surface area contributed by atoms with Gasteiger partial charge in [-0.05, 0) is 88.8 Å². The van der Waals surface area contributed by atoms with Gasteiger partial charge in [0.25, 0.3) is 11.1 Å². The normalized spacial score (nSPS) is 14.4. The molecule has 2 amide bonds. The summed E-state index contributed by atoms with van der Waals surface area (Å²) in [7, 11) is 0. The van der Waals surface area contributed by atoms with Gasteiger partial charge in [0, 0.05) is 4.47 Å². The molecule has 4 rings (SSSR count). The molecule has 10 heteroatoms. The molecule has 0 spiro atoms. The number of benzene rings is 3. The molecule has 1 fully saturated rings. The number of thioether (sulfide) groups is 1. The smallest absolute Gasteiger partial charge is 0.345 e. The van der Waals surface area contributed by atoms with E-state index in [1.54, 1.807) is 42.5 Å². The van der Waals surface area contributed by atoms with E-state index < -0.39 is 5.97 Å². The zero-order valence-corrected chi connectivity index (χ0v) is 24.1. The van der Waals surface area contributed by atoms with Gasteiger partial charge >= 0.3 is 5.97 Å². The largest absolute Gasteiger partial charge is 0.490 e. The average molecular weight is 699 g/mol. The maximum Gasteiger partial charge on any atom is 0.345 e. The summed E-state index contributed by atoms with van der Waals surface area (Å²) in [5, 5.41) is -0.0580. The minimum absolute atomic E-state index is 0.169. The number of carbonyl (C=O) groups is 3. The SMILES string of the molecule is CCOc1cc(/C=C2\SC(=O)N(Cc3ccccc3Br)C2=O)cc(I)c1OC(=O)c1ccccc1Cl. The third kappa shape index (κ3) is 5.96. The minimum Gasteiger partial charge on any atom is -0.490 e. The Bertz CT molecular complexity index is 1400. The maximum atomic E-state index is 13.0. The highest BCUT2D eigenvalue weighted by molar-refractivity contribution is 14.1. The molecule has 0 saturated carbocycles. The number of nitrogens with zero attached hydrogens (tertiary/aromatic N) is 1. The third-order valence-electron chi connectivity index (χ3n) is 5.08. The molecule has 1 heterocycles. The van der Waals surface area contributed by atoms with Crippen molar-refractivity contribution in [3.05, 3.63) is 95.3 Å². The van der Waals surface area contributed by atoms with Crippen LogP contribution >= 0.6 is 61.9 Å².